The molecule has 0 saturated carbocycles. The maximum absolute atomic E-state index is 4.32. The molecule has 0 atom stereocenters. The maximum Gasteiger partial charge on any atom is 0.134 e. The van der Waals surface area contributed by atoms with Gasteiger partial charge in [-0.25, -0.2) is 5.01 Å². The van der Waals surface area contributed by atoms with Gasteiger partial charge in [0.1, 0.15) is 17.4 Å². The molecule has 0 amide bonds. The molecule has 20 heavy (non-hydrogen) atoms. The van der Waals surface area contributed by atoms with Gasteiger partial charge in [0.2, 0.25) is 0 Å². The molecule has 7 heteroatoms. The van der Waals surface area contributed by atoms with Crippen molar-refractivity contribution in [3.8, 4) is 0 Å². The van der Waals surface area contributed by atoms with E-state index in [0.717, 1.165) is 22.4 Å². The van der Waals surface area contributed by atoms with Crippen LogP contribution in [0, 0.1) is 0 Å². The lowest BCUT2D eigenvalue weighted by Crippen LogP contribution is -2.34. The second-order valence-corrected chi connectivity index (χ2v) is 4.32. The molecule has 0 unspecified atom stereocenters. The average molecular weight is 265 g/mol. The first-order valence-corrected chi connectivity index (χ1v) is 6.17. The van der Waals surface area contributed by atoms with Crippen molar-refractivity contribution in [3.05, 3.63) is 48.5 Å². The Morgan fingerprint density at radius 3 is 2.90 bits per heavy atom. The van der Waals surface area contributed by atoms with Crippen LogP contribution in [0.25, 0.3) is 11.0 Å². The van der Waals surface area contributed by atoms with Crippen LogP contribution in [0.15, 0.2) is 53.6 Å². The van der Waals surface area contributed by atoms with Gasteiger partial charge in [-0.2, -0.15) is 0 Å². The first-order chi connectivity index (χ1) is 9.92. The van der Waals surface area contributed by atoms with E-state index in [1.807, 2.05) is 48.5 Å². The summed E-state index contributed by atoms with van der Waals surface area (Å²) < 4.78 is 0. The predicted octanol–water partition coefficient (Wildman–Crippen LogP) is 1.57. The number of fused-ring (bicyclic) bond motifs is 2. The molecule has 0 bridgehead atoms. The van der Waals surface area contributed by atoms with Crippen molar-refractivity contribution >= 4 is 28.7 Å². The Balaban J connectivity index is 1.67. The summed E-state index contributed by atoms with van der Waals surface area (Å²) in [6.07, 6.45) is 1.65. The summed E-state index contributed by atoms with van der Waals surface area (Å²) in [5.41, 5.74) is 9.75. The molecule has 2 heterocycles. The molecule has 4 rings (SSSR count). The standard InChI is InChI=1S/C13H11N7/c1-3-7-12-10(5-1)15-17-19(12)9-14-20-13-8-4-2-6-11(13)16-18-20/h1-9,15,17H. The van der Waals surface area contributed by atoms with Gasteiger partial charge in [0.15, 0.2) is 0 Å². The van der Waals surface area contributed by atoms with Gasteiger partial charge < -0.3 is 5.43 Å². The number of nitrogens with zero attached hydrogens (tertiary/aromatic N) is 5. The number of rotatable bonds is 2. The van der Waals surface area contributed by atoms with Crippen molar-refractivity contribution in [1.82, 2.24) is 20.6 Å². The van der Waals surface area contributed by atoms with Crippen molar-refractivity contribution in [1.29, 1.82) is 0 Å². The molecule has 98 valence electrons. The van der Waals surface area contributed by atoms with Crippen molar-refractivity contribution in [2.45, 2.75) is 0 Å². The quantitative estimate of drug-likeness (QED) is 0.543. The Hall–Kier alpha value is -2.93. The molecule has 1 aliphatic rings. The molecule has 7 nitrogen and oxygen atoms in total. The van der Waals surface area contributed by atoms with Gasteiger partial charge in [-0.15, -0.1) is 20.5 Å². The van der Waals surface area contributed by atoms with E-state index in [2.05, 4.69) is 26.4 Å². The van der Waals surface area contributed by atoms with Crippen molar-refractivity contribution in [2.75, 3.05) is 10.4 Å². The number of nitrogens with one attached hydrogen (secondary N) is 2. The molecule has 0 saturated heterocycles. The molecule has 0 spiro atoms. The number of hydrazine groups is 2. The van der Waals surface area contributed by atoms with Crippen LogP contribution >= 0.6 is 0 Å². The smallest absolute Gasteiger partial charge is 0.134 e. The summed E-state index contributed by atoms with van der Waals surface area (Å²) in [5, 5.41) is 14.2. The van der Waals surface area contributed by atoms with E-state index in [-0.39, 0.29) is 0 Å². The largest absolute Gasteiger partial charge is 0.301 e. The van der Waals surface area contributed by atoms with Crippen LogP contribution in [0.1, 0.15) is 0 Å². The monoisotopic (exact) mass is 265 g/mol. The van der Waals surface area contributed by atoms with Gasteiger partial charge in [0.05, 0.1) is 11.4 Å². The van der Waals surface area contributed by atoms with E-state index < -0.39 is 0 Å². The summed E-state index contributed by atoms with van der Waals surface area (Å²) in [4.78, 5) is 1.50. The normalized spacial score (nSPS) is 13.9. The van der Waals surface area contributed by atoms with Crippen LogP contribution in [0.5, 0.6) is 0 Å². The number of para-hydroxylation sites is 3. The van der Waals surface area contributed by atoms with E-state index in [4.69, 9.17) is 0 Å². The molecule has 0 aliphatic carbocycles. The molecule has 0 fully saturated rings. The van der Waals surface area contributed by atoms with Crippen molar-refractivity contribution < 1.29 is 0 Å². The van der Waals surface area contributed by atoms with Gasteiger partial charge in [-0.1, -0.05) is 24.3 Å². The third kappa shape index (κ3) is 1.69. The Morgan fingerprint density at radius 2 is 1.90 bits per heavy atom. The minimum absolute atomic E-state index is 0.817. The van der Waals surface area contributed by atoms with Gasteiger partial charge in [0.25, 0.3) is 0 Å². The van der Waals surface area contributed by atoms with Crippen LogP contribution < -0.4 is 16.0 Å². The van der Waals surface area contributed by atoms with Crippen LogP contribution in [-0.4, -0.2) is 21.4 Å². The van der Waals surface area contributed by atoms with Gasteiger partial charge in [-0.05, 0) is 29.5 Å². The molecule has 3 aromatic rings. The second-order valence-electron chi connectivity index (χ2n) is 4.32. The minimum atomic E-state index is 0.817. The summed E-state index contributed by atoms with van der Waals surface area (Å²) in [6.45, 7) is 0. The fraction of sp³-hybridized carbons (Fsp3) is 0. The molecule has 2 aromatic carbocycles. The SMILES string of the molecule is C(=Nn1nnc2ccccc21)N1NNc2ccccc21. The molecular formula is C13H11N7. The number of benzene rings is 2. The van der Waals surface area contributed by atoms with Crippen LogP contribution in [0.4, 0.5) is 11.4 Å². The Kier molecular flexibility index (Phi) is 2.36. The molecule has 1 aromatic heterocycles. The molecule has 0 radical (unpaired) electrons. The van der Waals surface area contributed by atoms with Gasteiger partial charge in [-0.3, -0.25) is 0 Å². The molecule has 2 N–H and O–H groups in total. The fourth-order valence-corrected chi connectivity index (χ4v) is 2.10. The highest BCUT2D eigenvalue weighted by atomic mass is 15.7. The summed E-state index contributed by atoms with van der Waals surface area (Å²) in [7, 11) is 0. The van der Waals surface area contributed by atoms with Gasteiger partial charge in [0, 0.05) is 0 Å². The second kappa shape index (κ2) is 4.32. The van der Waals surface area contributed by atoms with Crippen LogP contribution in [0.3, 0.4) is 0 Å². The zero-order valence-electron chi connectivity index (χ0n) is 10.4. The summed E-state index contributed by atoms with van der Waals surface area (Å²) >= 11 is 0. The molecular weight excluding hydrogens is 254 g/mol. The van der Waals surface area contributed by atoms with Crippen molar-refractivity contribution in [2.24, 2.45) is 5.10 Å². The minimum Gasteiger partial charge on any atom is -0.301 e. The lowest BCUT2D eigenvalue weighted by atomic mass is 10.3. The van der Waals surface area contributed by atoms with Gasteiger partial charge >= 0.3 is 0 Å². The van der Waals surface area contributed by atoms with Crippen LogP contribution in [-0.2, 0) is 0 Å². The third-order valence-corrected chi connectivity index (χ3v) is 3.09. The lowest BCUT2D eigenvalue weighted by Gasteiger charge is -2.10. The number of aromatic nitrogens is 3. The van der Waals surface area contributed by atoms with E-state index in [1.54, 1.807) is 11.3 Å². The zero-order valence-corrected chi connectivity index (χ0v) is 10.4. The van der Waals surface area contributed by atoms with E-state index in [0.29, 0.717) is 0 Å². The van der Waals surface area contributed by atoms with Crippen LogP contribution in [0.2, 0.25) is 0 Å². The first kappa shape index (κ1) is 10.9. The van der Waals surface area contributed by atoms with E-state index in [9.17, 15) is 0 Å². The highest BCUT2D eigenvalue weighted by molar-refractivity contribution is 5.88. The lowest BCUT2D eigenvalue weighted by molar-refractivity contribution is 0.712. The first-order valence-electron chi connectivity index (χ1n) is 6.17. The fourth-order valence-electron chi connectivity index (χ4n) is 2.10. The Labute approximate surface area is 114 Å². The summed E-state index contributed by atoms with van der Waals surface area (Å²) in [5.74, 6) is 0. The maximum atomic E-state index is 4.32. The number of hydrogen-bond donors (Lipinski definition) is 2. The third-order valence-electron chi connectivity index (χ3n) is 3.09. The molecule has 1 aliphatic heterocycles. The summed E-state index contributed by atoms with van der Waals surface area (Å²) in [6, 6.07) is 15.6. The Bertz CT molecular complexity index is 792. The predicted molar refractivity (Wildman–Crippen MR) is 77.1 cm³/mol. The van der Waals surface area contributed by atoms with E-state index >= 15 is 0 Å². The highest BCUT2D eigenvalue weighted by Gasteiger charge is 2.15. The van der Waals surface area contributed by atoms with E-state index in [1.165, 1.54) is 4.79 Å². The zero-order chi connectivity index (χ0) is 13.4. The Morgan fingerprint density at radius 1 is 1.05 bits per heavy atom. The average Bonchev–Trinajstić information content (AvgIpc) is 3.09. The van der Waals surface area contributed by atoms with Crippen molar-refractivity contribution in [3.63, 3.8) is 0 Å². The number of hydrogen-bond acceptors (Lipinski definition) is 5. The number of anilines is 2. The highest BCUT2D eigenvalue weighted by Crippen LogP contribution is 2.26. The topological polar surface area (TPSA) is 70.4 Å².